The number of ether oxygens (including phenoxy) is 1. The number of methoxy groups -OCH3 is 1. The van der Waals surface area contributed by atoms with E-state index in [4.69, 9.17) is 16.3 Å². The van der Waals surface area contributed by atoms with E-state index in [0.717, 1.165) is 5.69 Å². The fourth-order valence-electron chi connectivity index (χ4n) is 1.77. The average molecular weight is 244 g/mol. The molecule has 1 aliphatic rings. The molecule has 4 heteroatoms. The van der Waals surface area contributed by atoms with Crippen molar-refractivity contribution in [1.29, 1.82) is 0 Å². The minimum Gasteiger partial charge on any atom is -0.383 e. The molecule has 1 aromatic carbocycles. The van der Waals surface area contributed by atoms with Crippen LogP contribution in [-0.4, -0.2) is 19.8 Å². The molecule has 0 amide bonds. The van der Waals surface area contributed by atoms with Gasteiger partial charge in [-0.2, -0.15) is 0 Å². The third kappa shape index (κ3) is 2.86. The molecule has 88 valence electrons. The van der Waals surface area contributed by atoms with Gasteiger partial charge in [-0.3, -0.25) is 0 Å². The maximum atomic E-state index is 13.0. The Hall–Kier alpha value is -0.800. The summed E-state index contributed by atoms with van der Waals surface area (Å²) in [5.74, 6) is 0.283. The van der Waals surface area contributed by atoms with Crippen LogP contribution in [0.2, 0.25) is 5.02 Å². The molecule has 16 heavy (non-hydrogen) atoms. The Morgan fingerprint density at radius 1 is 1.56 bits per heavy atom. The van der Waals surface area contributed by atoms with Gasteiger partial charge in [0.05, 0.1) is 17.7 Å². The van der Waals surface area contributed by atoms with E-state index < -0.39 is 0 Å². The van der Waals surface area contributed by atoms with Gasteiger partial charge in [-0.15, -0.1) is 0 Å². The first-order valence-electron chi connectivity index (χ1n) is 5.41. The standard InChI is InChI=1S/C12H15ClFNO/c1-16-7-12(8-2-3-8)15-9-4-5-11(14)10(13)6-9/h4-6,8,12,15H,2-3,7H2,1H3. The van der Waals surface area contributed by atoms with Crippen LogP contribution in [-0.2, 0) is 4.74 Å². The van der Waals surface area contributed by atoms with Crippen molar-refractivity contribution in [3.05, 3.63) is 29.0 Å². The predicted molar refractivity (Wildman–Crippen MR) is 63.4 cm³/mol. The summed E-state index contributed by atoms with van der Waals surface area (Å²) < 4.78 is 18.1. The average Bonchev–Trinajstić information content (AvgIpc) is 3.06. The summed E-state index contributed by atoms with van der Waals surface area (Å²) in [6, 6.07) is 4.99. The second-order valence-corrected chi connectivity index (χ2v) is 4.58. The van der Waals surface area contributed by atoms with E-state index in [0.29, 0.717) is 18.6 Å². The highest BCUT2D eigenvalue weighted by atomic mass is 35.5. The zero-order valence-corrected chi connectivity index (χ0v) is 9.93. The van der Waals surface area contributed by atoms with Gasteiger partial charge in [-0.25, -0.2) is 4.39 Å². The zero-order chi connectivity index (χ0) is 11.5. The van der Waals surface area contributed by atoms with Crippen molar-refractivity contribution in [2.45, 2.75) is 18.9 Å². The summed E-state index contributed by atoms with van der Waals surface area (Å²) in [4.78, 5) is 0. The topological polar surface area (TPSA) is 21.3 Å². The molecule has 0 radical (unpaired) electrons. The molecule has 1 saturated carbocycles. The van der Waals surface area contributed by atoms with Crippen LogP contribution >= 0.6 is 11.6 Å². The number of halogens is 2. The Balaban J connectivity index is 2.03. The smallest absolute Gasteiger partial charge is 0.141 e. The van der Waals surface area contributed by atoms with Gasteiger partial charge in [-0.1, -0.05) is 11.6 Å². The normalized spacial score (nSPS) is 17.2. The van der Waals surface area contributed by atoms with Crippen molar-refractivity contribution < 1.29 is 9.13 Å². The third-order valence-electron chi connectivity index (χ3n) is 2.81. The Labute approximate surface area is 99.7 Å². The van der Waals surface area contributed by atoms with Crippen molar-refractivity contribution >= 4 is 17.3 Å². The molecule has 1 N–H and O–H groups in total. The molecule has 0 aromatic heterocycles. The van der Waals surface area contributed by atoms with Crippen LogP contribution in [0.15, 0.2) is 18.2 Å². The minimum atomic E-state index is -0.387. The molecule has 2 nitrogen and oxygen atoms in total. The van der Waals surface area contributed by atoms with Crippen LogP contribution in [0.3, 0.4) is 0 Å². The van der Waals surface area contributed by atoms with Gasteiger partial charge >= 0.3 is 0 Å². The highest BCUT2D eigenvalue weighted by Gasteiger charge is 2.31. The summed E-state index contributed by atoms with van der Waals surface area (Å²) in [5.41, 5.74) is 0.848. The molecule has 1 fully saturated rings. The minimum absolute atomic E-state index is 0.150. The third-order valence-corrected chi connectivity index (χ3v) is 3.10. The lowest BCUT2D eigenvalue weighted by Crippen LogP contribution is -2.27. The van der Waals surface area contributed by atoms with E-state index >= 15 is 0 Å². The first-order chi connectivity index (χ1) is 7.70. The van der Waals surface area contributed by atoms with Crippen molar-refractivity contribution in [2.24, 2.45) is 5.92 Å². The van der Waals surface area contributed by atoms with Crippen LogP contribution in [0.25, 0.3) is 0 Å². The van der Waals surface area contributed by atoms with Crippen molar-refractivity contribution in [1.82, 2.24) is 0 Å². The van der Waals surface area contributed by atoms with Crippen LogP contribution in [0.1, 0.15) is 12.8 Å². The molecular weight excluding hydrogens is 229 g/mol. The lowest BCUT2D eigenvalue weighted by Gasteiger charge is -2.18. The number of anilines is 1. The Morgan fingerprint density at radius 2 is 2.31 bits per heavy atom. The Bertz CT molecular complexity index is 368. The van der Waals surface area contributed by atoms with E-state index in [1.165, 1.54) is 18.9 Å². The van der Waals surface area contributed by atoms with Crippen LogP contribution in [0, 0.1) is 11.7 Å². The number of hydrogen-bond acceptors (Lipinski definition) is 2. The lowest BCUT2D eigenvalue weighted by atomic mass is 10.2. The number of nitrogens with one attached hydrogen (secondary N) is 1. The van der Waals surface area contributed by atoms with Crippen LogP contribution < -0.4 is 5.32 Å². The molecule has 0 spiro atoms. The van der Waals surface area contributed by atoms with Crippen LogP contribution in [0.4, 0.5) is 10.1 Å². The van der Waals surface area contributed by atoms with Gasteiger partial charge < -0.3 is 10.1 Å². The highest BCUT2D eigenvalue weighted by molar-refractivity contribution is 6.31. The second-order valence-electron chi connectivity index (χ2n) is 4.17. The Morgan fingerprint density at radius 3 is 2.88 bits per heavy atom. The second kappa shape index (κ2) is 5.02. The number of hydrogen-bond donors (Lipinski definition) is 1. The van der Waals surface area contributed by atoms with Gasteiger partial charge in [0.2, 0.25) is 0 Å². The summed E-state index contributed by atoms with van der Waals surface area (Å²) in [7, 11) is 1.69. The maximum Gasteiger partial charge on any atom is 0.141 e. The number of rotatable bonds is 5. The first-order valence-corrected chi connectivity index (χ1v) is 5.79. The molecule has 1 aromatic rings. The summed E-state index contributed by atoms with van der Waals surface area (Å²) in [6.45, 7) is 0.666. The molecule has 0 saturated heterocycles. The van der Waals surface area contributed by atoms with E-state index in [1.54, 1.807) is 19.2 Å². The van der Waals surface area contributed by atoms with E-state index in [1.807, 2.05) is 0 Å². The van der Waals surface area contributed by atoms with Gasteiger partial charge in [0.25, 0.3) is 0 Å². The fraction of sp³-hybridized carbons (Fsp3) is 0.500. The molecule has 1 atom stereocenters. The maximum absolute atomic E-state index is 13.0. The lowest BCUT2D eigenvalue weighted by molar-refractivity contribution is 0.179. The van der Waals surface area contributed by atoms with Gasteiger partial charge in [0, 0.05) is 12.8 Å². The van der Waals surface area contributed by atoms with E-state index in [-0.39, 0.29) is 10.8 Å². The molecule has 0 heterocycles. The monoisotopic (exact) mass is 243 g/mol. The first kappa shape index (κ1) is 11.7. The fourth-order valence-corrected chi connectivity index (χ4v) is 1.95. The Kier molecular flexibility index (Phi) is 3.66. The van der Waals surface area contributed by atoms with Gasteiger partial charge in [0.1, 0.15) is 5.82 Å². The van der Waals surface area contributed by atoms with Gasteiger partial charge in [0.15, 0.2) is 0 Å². The van der Waals surface area contributed by atoms with E-state index in [2.05, 4.69) is 5.32 Å². The molecular formula is C12H15ClFNO. The summed E-state index contributed by atoms with van der Waals surface area (Å²) in [5, 5.41) is 3.48. The molecule has 0 aliphatic heterocycles. The highest BCUT2D eigenvalue weighted by Crippen LogP contribution is 2.34. The summed E-state index contributed by atoms with van der Waals surface area (Å²) in [6.07, 6.45) is 2.46. The van der Waals surface area contributed by atoms with Crippen molar-refractivity contribution in [3.8, 4) is 0 Å². The predicted octanol–water partition coefficient (Wildman–Crippen LogP) is 3.32. The summed E-state index contributed by atoms with van der Waals surface area (Å²) >= 11 is 5.72. The zero-order valence-electron chi connectivity index (χ0n) is 9.17. The van der Waals surface area contributed by atoms with Crippen molar-refractivity contribution in [2.75, 3.05) is 19.0 Å². The number of benzene rings is 1. The van der Waals surface area contributed by atoms with Crippen LogP contribution in [0.5, 0.6) is 0 Å². The van der Waals surface area contributed by atoms with E-state index in [9.17, 15) is 4.39 Å². The van der Waals surface area contributed by atoms with Gasteiger partial charge in [-0.05, 0) is 37.0 Å². The van der Waals surface area contributed by atoms with Crippen molar-refractivity contribution in [3.63, 3.8) is 0 Å². The molecule has 0 bridgehead atoms. The molecule has 1 aliphatic carbocycles. The SMILES string of the molecule is COCC(Nc1ccc(F)c(Cl)c1)C1CC1. The molecule has 1 unspecified atom stereocenters. The molecule has 2 rings (SSSR count). The quantitative estimate of drug-likeness (QED) is 0.857. The largest absolute Gasteiger partial charge is 0.383 e.